The SMILES string of the molecule is CCCCCCCCOC(CCCCCN(CCCCO)CCCCCCOC(=O)C(CCCCCC)CCCCCCCC)O[Si](C)(C)O[Si](C)(C)OCCCCCCCC.CCCCCCCCOC(CCCCCN(CCCCO)CCCCCCOC(=O)C(CCCCCC)CCCCCCCC)O[Si](C)(C)O[Si](C)(C)OCCCCCCCC. The summed E-state index contributed by atoms with van der Waals surface area (Å²) in [7, 11) is -9.58. The van der Waals surface area contributed by atoms with Crippen molar-refractivity contribution in [2.45, 2.75) is 557 Å². The maximum Gasteiger partial charge on any atom is 0.324 e. The number of carbonyl (C=O) groups is 2. The summed E-state index contributed by atoms with van der Waals surface area (Å²) in [5.74, 6) is 0.284. The Balaban J connectivity index is 0. The molecule has 0 aromatic rings. The van der Waals surface area contributed by atoms with Gasteiger partial charge in [-0.1, -0.05) is 351 Å². The molecule has 744 valence electrons. The van der Waals surface area contributed by atoms with Crippen LogP contribution in [-0.2, 0) is 54.5 Å². The molecule has 0 aliphatic heterocycles. The minimum atomic E-state index is -2.48. The van der Waals surface area contributed by atoms with Crippen molar-refractivity contribution in [2.75, 3.05) is 92.1 Å². The third-order valence-corrected chi connectivity index (χ3v) is 35.7. The fourth-order valence-corrected chi connectivity index (χ4v) is 30.2. The van der Waals surface area contributed by atoms with E-state index in [0.29, 0.717) is 13.2 Å². The highest BCUT2D eigenvalue weighted by atomic mass is 28.5. The van der Waals surface area contributed by atoms with Crippen molar-refractivity contribution < 1.29 is 64.7 Å². The zero-order valence-electron chi connectivity index (χ0n) is 86.0. The second kappa shape index (κ2) is 92.8. The lowest BCUT2D eigenvalue weighted by atomic mass is 9.94. The molecule has 0 fully saturated rings. The highest BCUT2D eigenvalue weighted by Gasteiger charge is 2.40. The quantitative estimate of drug-likeness (QED) is 0.0255. The Kier molecular flexibility index (Phi) is 93.8. The summed E-state index contributed by atoms with van der Waals surface area (Å²) in [5, 5.41) is 18.9. The molecular formula is C104H218N2O14Si4. The van der Waals surface area contributed by atoms with Gasteiger partial charge in [0.2, 0.25) is 0 Å². The van der Waals surface area contributed by atoms with Gasteiger partial charge in [0, 0.05) is 39.6 Å². The topological polar surface area (TPSA) is 173 Å². The first kappa shape index (κ1) is 125. The van der Waals surface area contributed by atoms with E-state index in [0.717, 1.165) is 271 Å². The molecule has 20 heteroatoms. The Labute approximate surface area is 776 Å². The minimum absolute atomic E-state index is 0.0563. The number of esters is 2. The lowest BCUT2D eigenvalue weighted by Crippen LogP contribution is -2.50. The molecule has 0 heterocycles. The third-order valence-electron chi connectivity index (χ3n) is 24.4. The minimum Gasteiger partial charge on any atom is -0.465 e. The van der Waals surface area contributed by atoms with Crippen LogP contribution in [0.2, 0.25) is 52.4 Å². The number of hydrogen-bond donors (Lipinski definition) is 2. The van der Waals surface area contributed by atoms with Crippen LogP contribution in [0.15, 0.2) is 0 Å². The average molecular weight is 1830 g/mol. The van der Waals surface area contributed by atoms with Gasteiger partial charge in [-0.05, 0) is 233 Å². The number of carbonyl (C=O) groups excluding carboxylic acids is 2. The number of nitrogens with zero attached hydrogens (tertiary/aromatic N) is 2. The standard InChI is InChI=1S/2C52H109NO7Si2/c2*1-9-13-17-21-24-31-41-50(40-30-20-16-12-4)52(55)57-48-38-28-25-33-43-53(45-35-36-46-54)44-34-29-32-42-51(56-47-37-26-22-18-14-10-2)59-62(7,8)60-61(5,6)58-49-39-27-23-19-15-11-3/h2*50-51,54H,9-49H2,1-8H3. The number of unbranched alkanes of at least 4 members (excludes halogenated alkanes) is 48. The molecular weight excluding hydrogens is 1610 g/mol. The van der Waals surface area contributed by atoms with Crippen molar-refractivity contribution in [1.29, 1.82) is 0 Å². The van der Waals surface area contributed by atoms with E-state index in [1.54, 1.807) is 0 Å². The monoisotopic (exact) mass is 1830 g/mol. The molecule has 0 amide bonds. The lowest BCUT2D eigenvalue weighted by molar-refractivity contribution is -0.150. The molecule has 0 saturated carbocycles. The zero-order valence-corrected chi connectivity index (χ0v) is 90.0. The first-order valence-corrected chi connectivity index (χ1v) is 65.6. The van der Waals surface area contributed by atoms with E-state index in [2.05, 4.69) is 118 Å². The van der Waals surface area contributed by atoms with Crippen molar-refractivity contribution in [3.63, 3.8) is 0 Å². The Morgan fingerprint density at radius 3 is 0.702 bits per heavy atom. The van der Waals surface area contributed by atoms with Gasteiger partial charge in [-0.25, -0.2) is 0 Å². The Morgan fingerprint density at radius 1 is 0.234 bits per heavy atom. The van der Waals surface area contributed by atoms with E-state index < -0.39 is 34.2 Å². The van der Waals surface area contributed by atoms with E-state index in [1.807, 2.05) is 0 Å². The van der Waals surface area contributed by atoms with Crippen LogP contribution in [0.4, 0.5) is 0 Å². The van der Waals surface area contributed by atoms with Crippen LogP contribution in [-0.4, -0.2) is 171 Å². The van der Waals surface area contributed by atoms with Gasteiger partial charge in [0.05, 0.1) is 25.0 Å². The molecule has 124 heavy (non-hydrogen) atoms. The molecule has 0 radical (unpaired) electrons. The van der Waals surface area contributed by atoms with E-state index in [1.165, 1.54) is 231 Å². The Hall–Kier alpha value is -0.672. The van der Waals surface area contributed by atoms with Crippen molar-refractivity contribution in [2.24, 2.45) is 11.8 Å². The average Bonchev–Trinajstić information content (AvgIpc) is 0.859. The highest BCUT2D eigenvalue weighted by Crippen LogP contribution is 2.28. The van der Waals surface area contributed by atoms with Gasteiger partial charge >= 0.3 is 46.2 Å². The molecule has 0 aliphatic carbocycles. The van der Waals surface area contributed by atoms with Crippen molar-refractivity contribution in [3.05, 3.63) is 0 Å². The van der Waals surface area contributed by atoms with Gasteiger partial charge in [0.1, 0.15) is 12.6 Å². The summed E-state index contributed by atoms with van der Waals surface area (Å²) in [5.41, 5.74) is 0. The Bertz CT molecular complexity index is 2030. The summed E-state index contributed by atoms with van der Waals surface area (Å²) >= 11 is 0. The van der Waals surface area contributed by atoms with Crippen LogP contribution in [0.1, 0.15) is 492 Å². The second-order valence-corrected chi connectivity index (χ2v) is 52.9. The molecule has 16 nitrogen and oxygen atoms in total. The molecule has 0 spiro atoms. The number of hydrogen-bond acceptors (Lipinski definition) is 16. The molecule has 0 aromatic heterocycles. The van der Waals surface area contributed by atoms with Gasteiger partial charge in [0.15, 0.2) is 0 Å². The van der Waals surface area contributed by atoms with Crippen molar-refractivity contribution in [3.8, 4) is 0 Å². The highest BCUT2D eigenvalue weighted by molar-refractivity contribution is 6.79. The second-order valence-electron chi connectivity index (χ2n) is 39.0. The van der Waals surface area contributed by atoms with Gasteiger partial charge in [-0.2, -0.15) is 0 Å². The predicted molar refractivity (Wildman–Crippen MR) is 541 cm³/mol. The summed E-state index contributed by atoms with van der Waals surface area (Å²) in [4.78, 5) is 31.4. The van der Waals surface area contributed by atoms with E-state index >= 15 is 0 Å². The molecule has 0 aliphatic rings. The maximum absolute atomic E-state index is 13.1. The number of aliphatic hydroxyl groups excluding tert-OH is 2. The fraction of sp³-hybridized carbons (Fsp3) is 0.981. The zero-order chi connectivity index (χ0) is 91.7. The maximum atomic E-state index is 13.1. The van der Waals surface area contributed by atoms with Crippen LogP contribution in [0.25, 0.3) is 0 Å². The smallest absolute Gasteiger partial charge is 0.324 e. The van der Waals surface area contributed by atoms with Crippen molar-refractivity contribution in [1.82, 2.24) is 9.80 Å². The molecule has 4 atom stereocenters. The normalized spacial score (nSPS) is 13.3. The molecule has 0 saturated heterocycles. The molecule has 0 aromatic carbocycles. The molecule has 4 unspecified atom stereocenters. The summed E-state index contributed by atoms with van der Waals surface area (Å²) in [6.45, 7) is 46.6. The number of rotatable bonds is 100. The number of ether oxygens (including phenoxy) is 4. The van der Waals surface area contributed by atoms with Crippen LogP contribution in [0.3, 0.4) is 0 Å². The van der Waals surface area contributed by atoms with Gasteiger partial charge in [-0.15, -0.1) is 0 Å². The van der Waals surface area contributed by atoms with Crippen LogP contribution < -0.4 is 0 Å². The third kappa shape index (κ3) is 87.9. The molecule has 2 N–H and O–H groups in total. The summed E-state index contributed by atoms with van der Waals surface area (Å²) in [6.07, 6.45) is 79.6. The molecule has 0 bridgehead atoms. The number of aliphatic hydroxyl groups is 2. The van der Waals surface area contributed by atoms with Crippen molar-refractivity contribution >= 4 is 46.2 Å². The van der Waals surface area contributed by atoms with Gasteiger partial charge in [0.25, 0.3) is 0 Å². The van der Waals surface area contributed by atoms with Crippen LogP contribution in [0, 0.1) is 11.8 Å². The summed E-state index contributed by atoms with van der Waals surface area (Å²) < 4.78 is 64.3. The first-order valence-electron chi connectivity index (χ1n) is 54.3. The first-order chi connectivity index (χ1) is 60.1. The predicted octanol–water partition coefficient (Wildman–Crippen LogP) is 31.2. The van der Waals surface area contributed by atoms with E-state index in [4.69, 9.17) is 44.9 Å². The van der Waals surface area contributed by atoms with Gasteiger partial charge in [-0.3, -0.25) is 9.59 Å². The fourth-order valence-electron chi connectivity index (χ4n) is 17.0. The Morgan fingerprint density at radius 2 is 0.435 bits per heavy atom. The van der Waals surface area contributed by atoms with E-state index in [-0.39, 0.29) is 49.6 Å². The van der Waals surface area contributed by atoms with Gasteiger partial charge < -0.3 is 64.9 Å². The molecule has 0 rings (SSSR count). The van der Waals surface area contributed by atoms with E-state index in [9.17, 15) is 19.8 Å². The van der Waals surface area contributed by atoms with Crippen LogP contribution >= 0.6 is 0 Å². The largest absolute Gasteiger partial charge is 0.465 e. The summed E-state index contributed by atoms with van der Waals surface area (Å²) in [6, 6.07) is 0. The lowest BCUT2D eigenvalue weighted by Gasteiger charge is -2.35. The van der Waals surface area contributed by atoms with Crippen LogP contribution in [0.5, 0.6) is 0 Å².